The van der Waals surface area contributed by atoms with Crippen LogP contribution in [0.4, 0.5) is 0 Å². The molecule has 1 aliphatic carbocycles. The van der Waals surface area contributed by atoms with Crippen molar-refractivity contribution in [3.8, 4) is 0 Å². The Labute approximate surface area is 49.8 Å². The van der Waals surface area contributed by atoms with E-state index in [0.29, 0.717) is 12.0 Å². The molecule has 2 bridgehead atoms. The molecule has 1 heteroatoms. The maximum absolute atomic E-state index is 4.04. The van der Waals surface area contributed by atoms with E-state index in [4.69, 9.17) is 0 Å². The molecule has 3 atom stereocenters. The number of rotatable bonds is 0. The molecule has 2 rings (SSSR count). The van der Waals surface area contributed by atoms with Crippen molar-refractivity contribution in [2.75, 3.05) is 6.54 Å². The SMILES string of the molecule is [CH2]C1C2C=CC1NC2. The average molecular weight is 108 g/mol. The van der Waals surface area contributed by atoms with Crippen molar-refractivity contribution < 1.29 is 0 Å². The van der Waals surface area contributed by atoms with Gasteiger partial charge in [0.05, 0.1) is 0 Å². The van der Waals surface area contributed by atoms with Crippen LogP contribution in [0.25, 0.3) is 0 Å². The Balaban J connectivity index is 2.27. The Morgan fingerprint density at radius 3 is 2.50 bits per heavy atom. The largest absolute Gasteiger partial charge is 0.310 e. The van der Waals surface area contributed by atoms with Crippen LogP contribution in [0.15, 0.2) is 12.2 Å². The second-order valence-corrected chi connectivity index (χ2v) is 2.65. The van der Waals surface area contributed by atoms with Crippen LogP contribution in [0, 0.1) is 18.8 Å². The van der Waals surface area contributed by atoms with Crippen LogP contribution in [0.1, 0.15) is 0 Å². The Bertz CT molecular complexity index is 114. The van der Waals surface area contributed by atoms with Gasteiger partial charge in [0, 0.05) is 12.6 Å². The van der Waals surface area contributed by atoms with E-state index < -0.39 is 0 Å². The Hall–Kier alpha value is -0.300. The third kappa shape index (κ3) is 0.402. The molecule has 0 aromatic heterocycles. The van der Waals surface area contributed by atoms with Gasteiger partial charge in [-0.25, -0.2) is 0 Å². The van der Waals surface area contributed by atoms with Crippen molar-refractivity contribution in [3.63, 3.8) is 0 Å². The molecule has 0 aromatic carbocycles. The summed E-state index contributed by atoms with van der Waals surface area (Å²) in [6, 6.07) is 0.597. The van der Waals surface area contributed by atoms with Gasteiger partial charge in [-0.05, 0) is 18.8 Å². The first-order valence-electron chi connectivity index (χ1n) is 3.13. The number of fused-ring (bicyclic) bond motifs is 2. The van der Waals surface area contributed by atoms with Crippen LogP contribution in [0.5, 0.6) is 0 Å². The molecule has 43 valence electrons. The van der Waals surface area contributed by atoms with E-state index in [-0.39, 0.29) is 0 Å². The van der Waals surface area contributed by atoms with E-state index in [1.54, 1.807) is 0 Å². The molecular formula is C7H10N. The summed E-state index contributed by atoms with van der Waals surface area (Å²) in [4.78, 5) is 0. The van der Waals surface area contributed by atoms with Gasteiger partial charge in [0.15, 0.2) is 0 Å². The van der Waals surface area contributed by atoms with Crippen LogP contribution in [-0.4, -0.2) is 12.6 Å². The van der Waals surface area contributed by atoms with Crippen molar-refractivity contribution >= 4 is 0 Å². The third-order valence-electron chi connectivity index (χ3n) is 2.17. The van der Waals surface area contributed by atoms with Crippen molar-refractivity contribution in [2.24, 2.45) is 11.8 Å². The van der Waals surface area contributed by atoms with Crippen LogP contribution >= 0.6 is 0 Å². The molecule has 3 unspecified atom stereocenters. The van der Waals surface area contributed by atoms with E-state index in [9.17, 15) is 0 Å². The van der Waals surface area contributed by atoms with E-state index >= 15 is 0 Å². The normalized spacial score (nSPS) is 50.9. The van der Waals surface area contributed by atoms with Gasteiger partial charge in [0.25, 0.3) is 0 Å². The van der Waals surface area contributed by atoms with Gasteiger partial charge in [-0.15, -0.1) is 0 Å². The van der Waals surface area contributed by atoms with Crippen molar-refractivity contribution in [1.29, 1.82) is 0 Å². The fourth-order valence-electron chi connectivity index (χ4n) is 1.53. The van der Waals surface area contributed by atoms with Crippen LogP contribution < -0.4 is 5.32 Å². The zero-order valence-corrected chi connectivity index (χ0v) is 4.80. The minimum atomic E-state index is 0.597. The molecule has 1 aliphatic heterocycles. The maximum Gasteiger partial charge on any atom is 0.0284 e. The molecule has 1 nitrogen and oxygen atoms in total. The summed E-state index contributed by atoms with van der Waals surface area (Å²) >= 11 is 0. The number of hydrogen-bond acceptors (Lipinski definition) is 1. The summed E-state index contributed by atoms with van der Waals surface area (Å²) in [6.07, 6.45) is 4.50. The summed E-state index contributed by atoms with van der Waals surface area (Å²) in [6.45, 7) is 5.19. The smallest absolute Gasteiger partial charge is 0.0284 e. The number of nitrogens with one attached hydrogen (secondary N) is 1. The quantitative estimate of drug-likeness (QED) is 0.448. The molecule has 1 fully saturated rings. The Morgan fingerprint density at radius 2 is 2.38 bits per heavy atom. The molecule has 0 saturated carbocycles. The highest BCUT2D eigenvalue weighted by Gasteiger charge is 2.33. The van der Waals surface area contributed by atoms with Gasteiger partial charge >= 0.3 is 0 Å². The summed E-state index contributed by atoms with van der Waals surface area (Å²) in [7, 11) is 0. The molecule has 1 radical (unpaired) electrons. The Morgan fingerprint density at radius 1 is 1.50 bits per heavy atom. The fraction of sp³-hybridized carbons (Fsp3) is 0.571. The predicted octanol–water partition coefficient (Wildman–Crippen LogP) is 0.594. The van der Waals surface area contributed by atoms with Crippen LogP contribution in [0.2, 0.25) is 0 Å². The molecule has 0 aromatic rings. The summed E-state index contributed by atoms with van der Waals surface area (Å²) in [5.74, 6) is 1.36. The molecule has 1 heterocycles. The van der Waals surface area contributed by atoms with Gasteiger partial charge in [-0.2, -0.15) is 0 Å². The summed E-state index contributed by atoms with van der Waals surface area (Å²) < 4.78 is 0. The highest BCUT2D eigenvalue weighted by molar-refractivity contribution is 5.16. The first-order chi connectivity index (χ1) is 3.88. The highest BCUT2D eigenvalue weighted by atomic mass is 15.0. The highest BCUT2D eigenvalue weighted by Crippen LogP contribution is 2.29. The van der Waals surface area contributed by atoms with Crippen molar-refractivity contribution in [2.45, 2.75) is 6.04 Å². The summed E-state index contributed by atoms with van der Waals surface area (Å²) in [5, 5.41) is 3.36. The van der Waals surface area contributed by atoms with Crippen molar-refractivity contribution in [3.05, 3.63) is 19.1 Å². The average Bonchev–Trinajstić information content (AvgIpc) is 2.29. The van der Waals surface area contributed by atoms with Crippen molar-refractivity contribution in [1.82, 2.24) is 5.32 Å². The third-order valence-corrected chi connectivity index (χ3v) is 2.17. The van der Waals surface area contributed by atoms with Gasteiger partial charge in [0.1, 0.15) is 0 Å². The first kappa shape index (κ1) is 4.57. The fourth-order valence-corrected chi connectivity index (χ4v) is 1.53. The lowest BCUT2D eigenvalue weighted by Crippen LogP contribution is -2.22. The minimum absolute atomic E-state index is 0.597. The maximum atomic E-state index is 4.04. The topological polar surface area (TPSA) is 12.0 Å². The second-order valence-electron chi connectivity index (χ2n) is 2.65. The van der Waals surface area contributed by atoms with E-state index in [1.807, 2.05) is 0 Å². The van der Waals surface area contributed by atoms with Gasteiger partial charge in [-0.3, -0.25) is 0 Å². The van der Waals surface area contributed by atoms with E-state index in [0.717, 1.165) is 12.5 Å². The lowest BCUT2D eigenvalue weighted by atomic mass is 10.0. The summed E-state index contributed by atoms with van der Waals surface area (Å²) in [5.41, 5.74) is 0. The predicted molar refractivity (Wildman–Crippen MR) is 33.3 cm³/mol. The van der Waals surface area contributed by atoms with Crippen LogP contribution in [-0.2, 0) is 0 Å². The molecule has 0 spiro atoms. The second kappa shape index (κ2) is 1.35. The van der Waals surface area contributed by atoms with Gasteiger partial charge < -0.3 is 5.32 Å². The molecule has 8 heavy (non-hydrogen) atoms. The Kier molecular flexibility index (Phi) is 0.770. The van der Waals surface area contributed by atoms with Crippen LogP contribution in [0.3, 0.4) is 0 Å². The first-order valence-corrected chi connectivity index (χ1v) is 3.13. The van der Waals surface area contributed by atoms with E-state index in [1.165, 1.54) is 0 Å². The zero-order chi connectivity index (χ0) is 5.56. The zero-order valence-electron chi connectivity index (χ0n) is 4.80. The lowest BCUT2D eigenvalue weighted by Gasteiger charge is -2.04. The number of hydrogen-bond donors (Lipinski definition) is 1. The molecule has 1 saturated heterocycles. The minimum Gasteiger partial charge on any atom is -0.310 e. The molecule has 1 N–H and O–H groups in total. The monoisotopic (exact) mass is 108 g/mol. The standard InChI is InChI=1S/C7H10N/c1-5-6-2-3-7(5)8-4-6/h2-3,5-8H,1,4H2. The molecule has 0 amide bonds. The van der Waals surface area contributed by atoms with E-state index in [2.05, 4.69) is 24.4 Å². The molecule has 2 aliphatic rings. The molecular weight excluding hydrogens is 98.1 g/mol. The van der Waals surface area contributed by atoms with Gasteiger partial charge in [0.2, 0.25) is 0 Å². The lowest BCUT2D eigenvalue weighted by molar-refractivity contribution is 0.586. The van der Waals surface area contributed by atoms with Gasteiger partial charge in [-0.1, -0.05) is 12.2 Å².